The van der Waals surface area contributed by atoms with Crippen LogP contribution < -0.4 is 11.3 Å². The van der Waals surface area contributed by atoms with Gasteiger partial charge in [-0.1, -0.05) is 12.1 Å². The van der Waals surface area contributed by atoms with Crippen LogP contribution in [0.5, 0.6) is 0 Å². The van der Waals surface area contributed by atoms with Crippen molar-refractivity contribution in [2.75, 3.05) is 25.1 Å². The number of likely N-dealkylation sites (tertiary alicyclic amines) is 1. The van der Waals surface area contributed by atoms with Crippen molar-refractivity contribution in [3.63, 3.8) is 0 Å². The summed E-state index contributed by atoms with van der Waals surface area (Å²) in [7, 11) is 0. The number of para-hydroxylation sites is 1. The zero-order valence-electron chi connectivity index (χ0n) is 11.3. The van der Waals surface area contributed by atoms with Gasteiger partial charge in [0.05, 0.1) is 4.92 Å². The maximum absolute atomic E-state index is 11.0. The quantitative estimate of drug-likeness (QED) is 0.409. The van der Waals surface area contributed by atoms with E-state index in [4.69, 9.17) is 10.9 Å². The molecule has 7 heteroatoms. The largest absolute Gasteiger partial charge is 0.396 e. The maximum Gasteiger partial charge on any atom is 0.293 e. The SMILES string of the molecule is NNc1c(CN2CCC(CCO)C2)cccc1[N+](=O)[O-]. The van der Waals surface area contributed by atoms with Crippen molar-refractivity contribution in [2.24, 2.45) is 11.8 Å². The molecule has 20 heavy (non-hydrogen) atoms. The third-order valence-corrected chi connectivity index (χ3v) is 3.77. The van der Waals surface area contributed by atoms with Gasteiger partial charge in [0.15, 0.2) is 0 Å². The number of nitro benzene ring substituents is 1. The molecule has 0 bridgehead atoms. The lowest BCUT2D eigenvalue weighted by Gasteiger charge is -2.18. The Balaban J connectivity index is 2.10. The van der Waals surface area contributed by atoms with E-state index in [1.807, 2.05) is 6.07 Å². The summed E-state index contributed by atoms with van der Waals surface area (Å²) >= 11 is 0. The number of aliphatic hydroxyl groups excluding tert-OH is 1. The fraction of sp³-hybridized carbons (Fsp3) is 0.538. The molecule has 1 atom stereocenters. The Morgan fingerprint density at radius 1 is 1.55 bits per heavy atom. The van der Waals surface area contributed by atoms with Crippen LogP contribution in [0.2, 0.25) is 0 Å². The van der Waals surface area contributed by atoms with Crippen molar-refractivity contribution < 1.29 is 10.0 Å². The van der Waals surface area contributed by atoms with Crippen LogP contribution in [0.4, 0.5) is 11.4 Å². The fourth-order valence-corrected chi connectivity index (χ4v) is 2.75. The van der Waals surface area contributed by atoms with Gasteiger partial charge in [0.2, 0.25) is 0 Å². The van der Waals surface area contributed by atoms with E-state index in [1.165, 1.54) is 6.07 Å². The molecule has 1 aromatic carbocycles. The topological polar surface area (TPSA) is 105 Å². The zero-order chi connectivity index (χ0) is 14.5. The molecular formula is C13H20N4O3. The first kappa shape index (κ1) is 14.7. The Labute approximate surface area is 117 Å². The molecule has 0 spiro atoms. The van der Waals surface area contributed by atoms with Crippen LogP contribution in [0.3, 0.4) is 0 Å². The normalized spacial score (nSPS) is 19.2. The van der Waals surface area contributed by atoms with Crippen molar-refractivity contribution in [1.29, 1.82) is 0 Å². The van der Waals surface area contributed by atoms with E-state index in [9.17, 15) is 10.1 Å². The molecule has 4 N–H and O–H groups in total. The molecule has 1 aliphatic rings. The third-order valence-electron chi connectivity index (χ3n) is 3.77. The summed E-state index contributed by atoms with van der Waals surface area (Å²) in [5.41, 5.74) is 3.65. The molecule has 1 heterocycles. The van der Waals surface area contributed by atoms with Gasteiger partial charge < -0.3 is 10.5 Å². The molecule has 1 unspecified atom stereocenters. The van der Waals surface area contributed by atoms with Gasteiger partial charge in [-0.2, -0.15) is 0 Å². The van der Waals surface area contributed by atoms with Gasteiger partial charge in [-0.25, -0.2) is 0 Å². The molecule has 110 valence electrons. The first-order chi connectivity index (χ1) is 9.65. The standard InChI is InChI=1S/C13H20N4O3/c14-15-13-11(2-1-3-12(13)17(19)20)9-16-6-4-10(8-16)5-7-18/h1-3,10,15,18H,4-9,14H2. The molecule has 0 radical (unpaired) electrons. The average Bonchev–Trinajstić information content (AvgIpc) is 2.86. The molecule has 7 nitrogen and oxygen atoms in total. The highest BCUT2D eigenvalue weighted by atomic mass is 16.6. The Morgan fingerprint density at radius 2 is 2.35 bits per heavy atom. The molecule has 1 fully saturated rings. The number of hydrogen-bond acceptors (Lipinski definition) is 6. The predicted molar refractivity (Wildman–Crippen MR) is 76.0 cm³/mol. The smallest absolute Gasteiger partial charge is 0.293 e. The van der Waals surface area contributed by atoms with Crippen molar-refractivity contribution in [3.8, 4) is 0 Å². The second-order valence-electron chi connectivity index (χ2n) is 5.11. The molecule has 1 saturated heterocycles. The van der Waals surface area contributed by atoms with Crippen LogP contribution in [0.1, 0.15) is 18.4 Å². The van der Waals surface area contributed by atoms with Gasteiger partial charge in [-0.05, 0) is 30.9 Å². The Bertz CT molecular complexity index is 481. The summed E-state index contributed by atoms with van der Waals surface area (Å²) in [6, 6.07) is 4.97. The number of aliphatic hydroxyl groups is 1. The summed E-state index contributed by atoms with van der Waals surface area (Å²) < 4.78 is 0. The number of hydrazine groups is 1. The van der Waals surface area contributed by atoms with Crippen LogP contribution in [0.25, 0.3) is 0 Å². The Hall–Kier alpha value is -1.70. The number of benzene rings is 1. The van der Waals surface area contributed by atoms with Gasteiger partial charge in [0, 0.05) is 25.8 Å². The van der Waals surface area contributed by atoms with Crippen molar-refractivity contribution in [3.05, 3.63) is 33.9 Å². The monoisotopic (exact) mass is 280 g/mol. The van der Waals surface area contributed by atoms with Crippen LogP contribution in [-0.4, -0.2) is 34.6 Å². The van der Waals surface area contributed by atoms with Crippen molar-refractivity contribution >= 4 is 11.4 Å². The minimum absolute atomic E-state index is 0.00361. The number of nitrogens with one attached hydrogen (secondary N) is 1. The molecule has 0 saturated carbocycles. The molecule has 1 aromatic rings. The first-order valence-corrected chi connectivity index (χ1v) is 6.71. The molecule has 0 aromatic heterocycles. The van der Waals surface area contributed by atoms with Gasteiger partial charge in [-0.15, -0.1) is 0 Å². The van der Waals surface area contributed by atoms with Crippen molar-refractivity contribution in [2.45, 2.75) is 19.4 Å². The highest BCUT2D eigenvalue weighted by molar-refractivity contribution is 5.65. The first-order valence-electron chi connectivity index (χ1n) is 6.71. The number of hydrogen-bond donors (Lipinski definition) is 3. The lowest BCUT2D eigenvalue weighted by atomic mass is 10.1. The second-order valence-corrected chi connectivity index (χ2v) is 5.11. The van der Waals surface area contributed by atoms with Crippen molar-refractivity contribution in [1.82, 2.24) is 4.90 Å². The Morgan fingerprint density at radius 3 is 3.00 bits per heavy atom. The summed E-state index contributed by atoms with van der Waals surface area (Å²) in [6.07, 6.45) is 1.87. The summed E-state index contributed by atoms with van der Waals surface area (Å²) in [6.45, 7) is 2.69. The van der Waals surface area contributed by atoms with E-state index in [1.54, 1.807) is 6.07 Å². The molecule has 0 amide bonds. The lowest BCUT2D eigenvalue weighted by Crippen LogP contribution is -2.22. The summed E-state index contributed by atoms with van der Waals surface area (Å²) in [5.74, 6) is 5.94. The van der Waals surface area contributed by atoms with E-state index in [-0.39, 0.29) is 12.3 Å². The van der Waals surface area contributed by atoms with Crippen LogP contribution in [0.15, 0.2) is 18.2 Å². The average molecular weight is 280 g/mol. The molecule has 0 aliphatic carbocycles. The number of nitrogens with two attached hydrogens (primary N) is 1. The lowest BCUT2D eigenvalue weighted by molar-refractivity contribution is -0.384. The minimum atomic E-state index is -0.433. The van der Waals surface area contributed by atoms with E-state index in [0.717, 1.165) is 31.5 Å². The van der Waals surface area contributed by atoms with Gasteiger partial charge in [-0.3, -0.25) is 20.9 Å². The summed E-state index contributed by atoms with van der Waals surface area (Å²) in [5, 5.41) is 19.9. The highest BCUT2D eigenvalue weighted by Gasteiger charge is 2.24. The van der Waals surface area contributed by atoms with E-state index < -0.39 is 4.92 Å². The predicted octanol–water partition coefficient (Wildman–Crippen LogP) is 1.08. The number of rotatable bonds is 6. The van der Waals surface area contributed by atoms with Gasteiger partial charge in [0.25, 0.3) is 5.69 Å². The molecular weight excluding hydrogens is 260 g/mol. The van der Waals surface area contributed by atoms with Gasteiger partial charge in [0.1, 0.15) is 5.69 Å². The van der Waals surface area contributed by atoms with Crippen LogP contribution in [-0.2, 0) is 6.54 Å². The second kappa shape index (κ2) is 6.65. The van der Waals surface area contributed by atoms with E-state index in [2.05, 4.69) is 10.3 Å². The third kappa shape index (κ3) is 3.24. The zero-order valence-corrected chi connectivity index (χ0v) is 11.3. The highest BCUT2D eigenvalue weighted by Crippen LogP contribution is 2.30. The number of nitro groups is 1. The summed E-state index contributed by atoms with van der Waals surface area (Å²) in [4.78, 5) is 12.8. The van der Waals surface area contributed by atoms with E-state index >= 15 is 0 Å². The molecule has 2 rings (SSSR count). The number of anilines is 1. The van der Waals surface area contributed by atoms with Crippen LogP contribution in [0, 0.1) is 16.0 Å². The van der Waals surface area contributed by atoms with E-state index in [0.29, 0.717) is 18.2 Å². The number of nitrogens with zero attached hydrogens (tertiary/aromatic N) is 2. The Kier molecular flexibility index (Phi) is 4.89. The molecule has 1 aliphatic heterocycles. The van der Waals surface area contributed by atoms with Gasteiger partial charge >= 0.3 is 0 Å². The fourth-order valence-electron chi connectivity index (χ4n) is 2.75. The minimum Gasteiger partial charge on any atom is -0.396 e. The number of nitrogen functional groups attached to an aromatic ring is 1. The van der Waals surface area contributed by atoms with Crippen LogP contribution >= 0.6 is 0 Å². The maximum atomic E-state index is 11.0.